The summed E-state index contributed by atoms with van der Waals surface area (Å²) in [6.07, 6.45) is -3.83. The summed E-state index contributed by atoms with van der Waals surface area (Å²) in [6.45, 7) is 0. The van der Waals surface area contributed by atoms with E-state index in [4.69, 9.17) is 0 Å². The number of hydrogen-bond acceptors (Lipinski definition) is 3. The number of halogens is 3. The van der Waals surface area contributed by atoms with Gasteiger partial charge in [0.15, 0.2) is 5.69 Å². The number of carbonyl (C=O) groups excluding carboxylic acids is 1. The zero-order chi connectivity index (χ0) is 23.2. The van der Waals surface area contributed by atoms with Crippen LogP contribution in [0.25, 0.3) is 16.7 Å². The lowest BCUT2D eigenvalue weighted by Gasteiger charge is -2.14. The molecule has 1 amide bonds. The molecular formula is C25H18F3N3O2. The number of rotatable bonds is 4. The molecule has 0 aliphatic heterocycles. The molecule has 1 aromatic heterocycles. The molecule has 3 aromatic carbocycles. The van der Waals surface area contributed by atoms with Crippen molar-refractivity contribution in [1.29, 1.82) is 0 Å². The summed E-state index contributed by atoms with van der Waals surface area (Å²) in [5.41, 5.74) is -0.275. The third-order valence-electron chi connectivity index (χ3n) is 5.74. The molecule has 1 fully saturated rings. The Bertz CT molecular complexity index is 1410. The first-order chi connectivity index (χ1) is 15.8. The molecule has 2 atom stereocenters. The molecule has 0 radical (unpaired) electrons. The summed E-state index contributed by atoms with van der Waals surface area (Å²) < 4.78 is 40.9. The van der Waals surface area contributed by atoms with Gasteiger partial charge >= 0.3 is 6.18 Å². The number of fused-ring (bicyclic) bond motifs is 1. The minimum atomic E-state index is -4.57. The van der Waals surface area contributed by atoms with Crippen LogP contribution in [-0.4, -0.2) is 21.5 Å². The Balaban J connectivity index is 1.54. The number of nitrogens with one attached hydrogen (secondary N) is 1. The molecule has 5 rings (SSSR count). The lowest BCUT2D eigenvalue weighted by molar-refractivity contribution is -0.137. The molecule has 1 aliphatic carbocycles. The maximum atomic E-state index is 13.3. The van der Waals surface area contributed by atoms with E-state index in [1.54, 1.807) is 24.3 Å². The highest BCUT2D eigenvalue weighted by atomic mass is 19.4. The third-order valence-corrected chi connectivity index (χ3v) is 5.74. The van der Waals surface area contributed by atoms with Gasteiger partial charge in [0.2, 0.25) is 0 Å². The zero-order valence-corrected chi connectivity index (χ0v) is 17.2. The number of amides is 1. The Morgan fingerprint density at radius 2 is 1.70 bits per heavy atom. The van der Waals surface area contributed by atoms with Crippen molar-refractivity contribution >= 4 is 16.9 Å². The Labute approximate surface area is 186 Å². The van der Waals surface area contributed by atoms with Gasteiger partial charge in [-0.3, -0.25) is 14.2 Å². The van der Waals surface area contributed by atoms with Crippen LogP contribution in [0.1, 0.15) is 34.0 Å². The monoisotopic (exact) mass is 449 g/mol. The fourth-order valence-corrected chi connectivity index (χ4v) is 4.02. The minimum absolute atomic E-state index is 0.0102. The molecule has 1 N–H and O–H groups in total. The predicted molar refractivity (Wildman–Crippen MR) is 117 cm³/mol. The molecular weight excluding hydrogens is 431 g/mol. The van der Waals surface area contributed by atoms with Crippen LogP contribution in [0.2, 0.25) is 0 Å². The van der Waals surface area contributed by atoms with E-state index in [-0.39, 0.29) is 23.3 Å². The Morgan fingerprint density at radius 1 is 0.970 bits per heavy atom. The Hall–Kier alpha value is -3.94. The van der Waals surface area contributed by atoms with Gasteiger partial charge in [0.25, 0.3) is 11.5 Å². The molecule has 1 heterocycles. The first-order valence-corrected chi connectivity index (χ1v) is 10.4. The molecule has 1 aliphatic rings. The molecule has 4 aromatic rings. The molecule has 1 unspecified atom stereocenters. The lowest BCUT2D eigenvalue weighted by atomic mass is 10.1. The van der Waals surface area contributed by atoms with E-state index in [0.29, 0.717) is 11.0 Å². The minimum Gasteiger partial charge on any atom is -0.347 e. The first-order valence-electron chi connectivity index (χ1n) is 10.4. The number of aromatic nitrogens is 2. The normalized spacial score (nSPS) is 17.7. The van der Waals surface area contributed by atoms with E-state index in [1.165, 1.54) is 12.1 Å². The molecule has 0 bridgehead atoms. The lowest BCUT2D eigenvalue weighted by Crippen LogP contribution is -2.35. The maximum absolute atomic E-state index is 13.3. The second-order valence-corrected chi connectivity index (χ2v) is 7.97. The molecule has 0 spiro atoms. The van der Waals surface area contributed by atoms with Crippen molar-refractivity contribution in [3.8, 4) is 5.69 Å². The molecule has 166 valence electrons. The van der Waals surface area contributed by atoms with E-state index >= 15 is 0 Å². The first kappa shape index (κ1) is 20.9. The van der Waals surface area contributed by atoms with Crippen molar-refractivity contribution in [2.45, 2.75) is 24.6 Å². The van der Waals surface area contributed by atoms with E-state index in [2.05, 4.69) is 10.3 Å². The quantitative estimate of drug-likeness (QED) is 0.492. The second-order valence-electron chi connectivity index (χ2n) is 7.97. The molecule has 33 heavy (non-hydrogen) atoms. The van der Waals surface area contributed by atoms with Gasteiger partial charge in [-0.25, -0.2) is 4.98 Å². The zero-order valence-electron chi connectivity index (χ0n) is 17.2. The number of benzene rings is 3. The Morgan fingerprint density at radius 3 is 2.45 bits per heavy atom. The van der Waals surface area contributed by atoms with Crippen molar-refractivity contribution in [2.75, 3.05) is 0 Å². The van der Waals surface area contributed by atoms with Crippen molar-refractivity contribution in [3.63, 3.8) is 0 Å². The summed E-state index contributed by atoms with van der Waals surface area (Å²) in [4.78, 5) is 30.5. The summed E-state index contributed by atoms with van der Waals surface area (Å²) in [7, 11) is 0. The second kappa shape index (κ2) is 7.88. The van der Waals surface area contributed by atoms with Crippen LogP contribution >= 0.6 is 0 Å². The fraction of sp³-hybridized carbons (Fsp3) is 0.160. The predicted octanol–water partition coefficient (Wildman–Crippen LogP) is 4.69. The molecule has 1 saturated carbocycles. The van der Waals surface area contributed by atoms with Gasteiger partial charge in [-0.15, -0.1) is 0 Å². The van der Waals surface area contributed by atoms with Crippen LogP contribution in [0, 0.1) is 0 Å². The van der Waals surface area contributed by atoms with Gasteiger partial charge in [0.05, 0.1) is 16.6 Å². The number of nitrogens with zero attached hydrogens (tertiary/aromatic N) is 2. The van der Waals surface area contributed by atoms with Crippen molar-refractivity contribution in [2.24, 2.45) is 0 Å². The highest BCUT2D eigenvalue weighted by Gasteiger charge is 2.40. The van der Waals surface area contributed by atoms with Crippen molar-refractivity contribution < 1.29 is 18.0 Å². The number of carbonyl (C=O) groups is 1. The highest BCUT2D eigenvalue weighted by Crippen LogP contribution is 2.40. The van der Waals surface area contributed by atoms with Crippen LogP contribution in [0.3, 0.4) is 0 Å². The van der Waals surface area contributed by atoms with E-state index in [1.807, 2.05) is 30.3 Å². The number of hydrogen-bond donors (Lipinski definition) is 1. The van der Waals surface area contributed by atoms with Crippen molar-refractivity contribution in [1.82, 2.24) is 14.9 Å². The summed E-state index contributed by atoms with van der Waals surface area (Å²) in [5.74, 6) is -0.490. The standard InChI is InChI=1S/C25H18F3N3O2/c26-25(27,28)16-9-6-10-17(13-16)31-21-12-5-4-11-19(21)29-22(24(31)33)23(32)30-20-14-18(20)15-7-2-1-3-8-15/h1-13,18,20H,14H2,(H,30,32)/t18-,20?/m1/s1. The fourth-order valence-electron chi connectivity index (χ4n) is 4.02. The summed E-state index contributed by atoms with van der Waals surface area (Å²) in [6, 6.07) is 20.6. The average Bonchev–Trinajstić information content (AvgIpc) is 3.57. The van der Waals surface area contributed by atoms with Crippen LogP contribution in [0.5, 0.6) is 0 Å². The molecule has 8 heteroatoms. The van der Waals surface area contributed by atoms with Crippen LogP contribution in [0.4, 0.5) is 13.2 Å². The topological polar surface area (TPSA) is 64.0 Å². The highest BCUT2D eigenvalue weighted by molar-refractivity contribution is 5.94. The smallest absolute Gasteiger partial charge is 0.347 e. The van der Waals surface area contributed by atoms with Gasteiger partial charge in [-0.2, -0.15) is 13.2 Å². The summed E-state index contributed by atoms with van der Waals surface area (Å²) in [5, 5.41) is 2.84. The van der Waals surface area contributed by atoms with Crippen LogP contribution in [-0.2, 0) is 6.18 Å². The van der Waals surface area contributed by atoms with Crippen LogP contribution < -0.4 is 10.9 Å². The Kier molecular flexibility index (Phi) is 5.00. The van der Waals surface area contributed by atoms with Gasteiger partial charge in [0.1, 0.15) is 0 Å². The van der Waals surface area contributed by atoms with Gasteiger partial charge < -0.3 is 5.32 Å². The van der Waals surface area contributed by atoms with E-state index in [0.717, 1.165) is 28.7 Å². The van der Waals surface area contributed by atoms with E-state index in [9.17, 15) is 22.8 Å². The van der Waals surface area contributed by atoms with Gasteiger partial charge in [-0.1, -0.05) is 48.5 Å². The largest absolute Gasteiger partial charge is 0.416 e. The van der Waals surface area contributed by atoms with Crippen LogP contribution in [0.15, 0.2) is 83.7 Å². The van der Waals surface area contributed by atoms with Gasteiger partial charge in [-0.05, 0) is 42.3 Å². The van der Waals surface area contributed by atoms with E-state index < -0.39 is 23.2 Å². The SMILES string of the molecule is O=C(NC1C[C@@H]1c1ccccc1)c1nc2ccccc2n(-c2cccc(C(F)(F)F)c2)c1=O. The molecule has 5 nitrogen and oxygen atoms in total. The van der Waals surface area contributed by atoms with Crippen molar-refractivity contribution in [3.05, 3.63) is 106 Å². The average molecular weight is 449 g/mol. The number of alkyl halides is 3. The molecule has 0 saturated heterocycles. The number of para-hydroxylation sites is 2. The maximum Gasteiger partial charge on any atom is 0.416 e. The van der Waals surface area contributed by atoms with Gasteiger partial charge in [0, 0.05) is 17.6 Å². The summed E-state index contributed by atoms with van der Waals surface area (Å²) >= 11 is 0. The third kappa shape index (κ3) is 4.00.